The first-order valence-electron chi connectivity index (χ1n) is 24.1. The molecule has 384 valence electrons. The molecule has 1 spiro atoms. The predicted molar refractivity (Wildman–Crippen MR) is 274 cm³/mol. The summed E-state index contributed by atoms with van der Waals surface area (Å²) in [6.07, 6.45) is 21.3. The zero-order valence-corrected chi connectivity index (χ0v) is 43.8. The number of ether oxygens (including phenoxy) is 4. The van der Waals surface area contributed by atoms with Crippen LogP contribution in [0, 0.1) is 11.8 Å². The second-order valence-electron chi connectivity index (χ2n) is 16.6. The minimum absolute atomic E-state index is 0. The number of nitrogens with one attached hydrogen (secondary N) is 2. The van der Waals surface area contributed by atoms with Crippen molar-refractivity contribution in [1.29, 1.82) is 0 Å². The number of carboxylic acid groups (broad SMARTS) is 3. The average Bonchev–Trinajstić information content (AvgIpc) is 4.05. The van der Waals surface area contributed by atoms with Gasteiger partial charge in [-0.05, 0) is 53.7 Å². The summed E-state index contributed by atoms with van der Waals surface area (Å²) in [5.74, 6) is -4.21. The zero-order valence-electron chi connectivity index (χ0n) is 38.9. The van der Waals surface area contributed by atoms with Crippen molar-refractivity contribution in [3.05, 3.63) is 0 Å². The third-order valence-electron chi connectivity index (χ3n) is 10.9. The van der Waals surface area contributed by atoms with Gasteiger partial charge in [0.15, 0.2) is 2.74 Å². The first kappa shape index (κ1) is 61.1. The highest BCUT2D eigenvalue weighted by Gasteiger charge is 2.53. The molecule has 2 amide bonds. The molecule has 2 aliphatic rings. The molecule has 2 heterocycles. The fourth-order valence-corrected chi connectivity index (χ4v) is 20.8. The van der Waals surface area contributed by atoms with Gasteiger partial charge >= 0.3 is 17.9 Å². The molecule has 2 atom stereocenters. The van der Waals surface area contributed by atoms with E-state index in [4.69, 9.17) is 24.1 Å². The summed E-state index contributed by atoms with van der Waals surface area (Å²) in [6, 6.07) is 0. The lowest BCUT2D eigenvalue weighted by molar-refractivity contribution is -0.144. The third kappa shape index (κ3) is 34.3. The van der Waals surface area contributed by atoms with Gasteiger partial charge in [-0.1, -0.05) is 139 Å². The average molecular weight is 1050 g/mol. The number of carboxylic acids is 3. The summed E-state index contributed by atoms with van der Waals surface area (Å²) in [5.41, 5.74) is 0. The van der Waals surface area contributed by atoms with Gasteiger partial charge in [-0.2, -0.15) is 0 Å². The zero-order chi connectivity index (χ0) is 47.9. The quantitative estimate of drug-likeness (QED) is 0.0217. The Balaban J connectivity index is 0.0000224. The topological polar surface area (TPSA) is 224 Å². The number of ketones is 1. The molecule has 0 radical (unpaired) electrons. The Morgan fingerprint density at radius 3 is 1.41 bits per heavy atom. The maximum atomic E-state index is 12.5. The Morgan fingerprint density at radius 1 is 0.470 bits per heavy atom. The van der Waals surface area contributed by atoms with Gasteiger partial charge in [-0.25, -0.2) is 0 Å². The molecule has 0 aliphatic carbocycles. The smallest absolute Gasteiger partial charge is 0.308 e. The van der Waals surface area contributed by atoms with Gasteiger partial charge in [0.25, 0.3) is 0 Å². The summed E-state index contributed by atoms with van der Waals surface area (Å²) in [7, 11) is 10.5. The first-order chi connectivity index (χ1) is 32.0. The molecule has 66 heavy (non-hydrogen) atoms. The van der Waals surface area contributed by atoms with Crippen LogP contribution in [0.3, 0.4) is 0 Å². The first-order valence-corrected chi connectivity index (χ1v) is 30.7. The van der Waals surface area contributed by atoms with Gasteiger partial charge in [-0.15, -0.1) is 0 Å². The molecule has 15 nitrogen and oxygen atoms in total. The number of unbranched alkanes of at least 4 members (excludes halogenated alkanes) is 16. The molecule has 0 unspecified atom stereocenters. The van der Waals surface area contributed by atoms with E-state index in [2.05, 4.69) is 10.6 Å². The number of aliphatic carboxylic acids is 3. The van der Waals surface area contributed by atoms with Gasteiger partial charge in [0.1, 0.15) is 5.78 Å². The summed E-state index contributed by atoms with van der Waals surface area (Å²) in [5, 5.41) is 33.6. The number of carbonyl (C=O) groups excluding carboxylic acids is 3. The Morgan fingerprint density at radius 2 is 0.924 bits per heavy atom. The number of amides is 2. The molecule has 0 bridgehead atoms. The Labute approximate surface area is 418 Å². The van der Waals surface area contributed by atoms with Gasteiger partial charge in [0.2, 0.25) is 11.8 Å². The molecule has 5 N–H and O–H groups in total. The molecular weight excluding hydrogens is 969 g/mol. The second-order valence-corrected chi connectivity index (χ2v) is 26.1. The summed E-state index contributed by atoms with van der Waals surface area (Å²) in [4.78, 5) is 70.9. The van der Waals surface area contributed by atoms with Crippen molar-refractivity contribution >= 4 is 100 Å². The summed E-state index contributed by atoms with van der Waals surface area (Å²) < 4.78 is 22.1. The van der Waals surface area contributed by atoms with Crippen LogP contribution < -0.4 is 10.6 Å². The van der Waals surface area contributed by atoms with E-state index in [9.17, 15) is 39.0 Å². The molecular formula is C45H80N2O13S6. The number of Topliss-reactive ketones (excluding diaryl/α,β-unsaturated/α-hetero) is 1. The molecule has 0 aromatic rings. The lowest BCUT2D eigenvalue weighted by Crippen LogP contribution is -2.29. The highest BCUT2D eigenvalue weighted by Crippen LogP contribution is 2.84. The van der Waals surface area contributed by atoms with Crippen molar-refractivity contribution in [2.45, 2.75) is 168 Å². The van der Waals surface area contributed by atoms with Gasteiger partial charge in [-0.3, -0.25) is 28.8 Å². The molecule has 2 rings (SSSR count). The van der Waals surface area contributed by atoms with Crippen LogP contribution in [0.25, 0.3) is 0 Å². The lowest BCUT2D eigenvalue weighted by atomic mass is 9.94. The minimum atomic E-state index is -1.05. The normalized spacial score (nSPS) is 15.3. The standard InChI is InChI=1S/C45H78N2O13S6.H2/c48-37(19-15-13-11-9-7-5-3-1-2-4-6-8-10-12-14-16-21-41(51)52)35-36(42(53)54)22-23-39(49)47-26-28-58-30-32-60-34-33-59-31-29-57-27-24-40(50)46-25-18-17-20-38(43(55)56)44-61-63-45(64-62-44)65-66-45;/h36,38,44H,1-35H2,(H,46,50)(H,47,49)(H,51,52)(H,53,54)(H,55,56);1H/t36-,38+;/m1./s1. The monoisotopic (exact) mass is 1050 g/mol. The molecule has 2 aliphatic heterocycles. The van der Waals surface area contributed by atoms with Gasteiger partial charge in [0.05, 0.1) is 69.3 Å². The Kier molecular flexibility index (Phi) is 37.6. The highest BCUT2D eigenvalue weighted by atomic mass is 33.2. The van der Waals surface area contributed by atoms with Gasteiger partial charge in [0, 0.05) is 46.6 Å². The maximum absolute atomic E-state index is 12.5. The highest BCUT2D eigenvalue weighted by molar-refractivity contribution is 9.14. The number of rotatable bonds is 47. The molecule has 0 aromatic heterocycles. The van der Waals surface area contributed by atoms with E-state index in [1.807, 2.05) is 21.6 Å². The van der Waals surface area contributed by atoms with Crippen LogP contribution in [0.15, 0.2) is 0 Å². The van der Waals surface area contributed by atoms with E-state index in [-0.39, 0.29) is 78.2 Å². The van der Waals surface area contributed by atoms with Crippen LogP contribution in [-0.2, 0) is 47.7 Å². The largest absolute Gasteiger partial charge is 0.481 e. The van der Waals surface area contributed by atoms with Crippen LogP contribution in [0.1, 0.15) is 162 Å². The Hall–Kier alpha value is -1.04. The summed E-state index contributed by atoms with van der Waals surface area (Å²) >= 11 is 0. The van der Waals surface area contributed by atoms with E-state index >= 15 is 0 Å². The van der Waals surface area contributed by atoms with Crippen molar-refractivity contribution in [1.82, 2.24) is 10.6 Å². The van der Waals surface area contributed by atoms with Crippen molar-refractivity contribution in [3.8, 4) is 0 Å². The van der Waals surface area contributed by atoms with E-state index in [0.29, 0.717) is 59.0 Å². The van der Waals surface area contributed by atoms with Crippen molar-refractivity contribution in [2.75, 3.05) is 65.9 Å². The van der Waals surface area contributed by atoms with Crippen LogP contribution in [0.4, 0.5) is 0 Å². The van der Waals surface area contributed by atoms with Crippen LogP contribution >= 0.6 is 64.8 Å². The summed E-state index contributed by atoms with van der Waals surface area (Å²) in [6.45, 7) is 3.55. The molecule has 2 fully saturated rings. The fraction of sp³-hybridized carbons (Fsp3) is 0.867. The molecule has 2 saturated heterocycles. The molecule has 21 heteroatoms. The van der Waals surface area contributed by atoms with Crippen LogP contribution in [-0.4, -0.2) is 124 Å². The van der Waals surface area contributed by atoms with E-state index in [1.54, 1.807) is 43.2 Å². The van der Waals surface area contributed by atoms with Gasteiger partial charge < -0.3 is 44.9 Å². The predicted octanol–water partition coefficient (Wildman–Crippen LogP) is 10.4. The number of hydrogen-bond donors (Lipinski definition) is 5. The second kappa shape index (κ2) is 40.7. The minimum Gasteiger partial charge on any atom is -0.481 e. The van der Waals surface area contributed by atoms with E-state index in [1.165, 1.54) is 57.8 Å². The Bertz CT molecular complexity index is 1350. The van der Waals surface area contributed by atoms with E-state index < -0.39 is 29.7 Å². The fourth-order valence-electron chi connectivity index (χ4n) is 6.99. The molecule has 0 saturated carbocycles. The van der Waals surface area contributed by atoms with Crippen LogP contribution in [0.5, 0.6) is 0 Å². The van der Waals surface area contributed by atoms with E-state index in [0.717, 1.165) is 57.8 Å². The SMILES string of the molecule is O=C(O)CCCCCCCCCCCCCCCCCCC(=O)C[C@@H](CCC(=O)NCCOCCOCCOCCOCCC(=O)NCCCC[C@@H](C(=O)O)C1SSC2(SS1)SS2)C(=O)O.[HH]. The third-order valence-corrected chi connectivity index (χ3v) is 24.8. The van der Waals surface area contributed by atoms with Crippen LogP contribution in [0.2, 0.25) is 0 Å². The van der Waals surface area contributed by atoms with Crippen molar-refractivity contribution in [2.24, 2.45) is 11.8 Å². The number of carbonyl (C=O) groups is 6. The lowest BCUT2D eigenvalue weighted by Gasteiger charge is -2.27. The number of hydrogen-bond acceptors (Lipinski definition) is 16. The molecule has 0 aromatic carbocycles. The van der Waals surface area contributed by atoms with Crippen molar-refractivity contribution < 1.29 is 64.5 Å². The maximum Gasteiger partial charge on any atom is 0.308 e. The van der Waals surface area contributed by atoms with Crippen molar-refractivity contribution in [3.63, 3.8) is 0 Å².